The van der Waals surface area contributed by atoms with E-state index < -0.39 is 10.0 Å². The Morgan fingerprint density at radius 2 is 1.60 bits per heavy atom. The van der Waals surface area contributed by atoms with Crippen molar-refractivity contribution in [1.29, 1.82) is 0 Å². The summed E-state index contributed by atoms with van der Waals surface area (Å²) in [5, 5.41) is 0. The highest BCUT2D eigenvalue weighted by molar-refractivity contribution is 7.88. The molecule has 0 atom stereocenters. The molecule has 0 aliphatic carbocycles. The zero-order valence-corrected chi connectivity index (χ0v) is 18.7. The zero-order chi connectivity index (χ0) is 21.1. The number of aromatic nitrogens is 2. The van der Waals surface area contributed by atoms with E-state index in [2.05, 4.69) is 20.9 Å². The third-order valence-electron chi connectivity index (χ3n) is 5.86. The van der Waals surface area contributed by atoms with Gasteiger partial charge >= 0.3 is 0 Å². The number of aryl methyl sites for hydroxylation is 2. The van der Waals surface area contributed by atoms with Gasteiger partial charge in [0.25, 0.3) is 0 Å². The van der Waals surface area contributed by atoms with Gasteiger partial charge in [-0.25, -0.2) is 13.4 Å². The van der Waals surface area contributed by atoms with E-state index in [0.29, 0.717) is 32.1 Å². The molecule has 162 valence electrons. The van der Waals surface area contributed by atoms with Gasteiger partial charge in [-0.05, 0) is 38.7 Å². The van der Waals surface area contributed by atoms with Gasteiger partial charge in [0.2, 0.25) is 16.0 Å². The Bertz CT molecular complexity index is 981. The zero-order valence-electron chi connectivity index (χ0n) is 17.9. The van der Waals surface area contributed by atoms with Crippen molar-refractivity contribution in [1.82, 2.24) is 14.3 Å². The van der Waals surface area contributed by atoms with Crippen molar-refractivity contribution in [3.05, 3.63) is 47.2 Å². The second-order valence-corrected chi connectivity index (χ2v) is 10.3. The molecule has 3 heterocycles. The largest absolute Gasteiger partial charge is 0.356 e. The number of sulfonamides is 1. The van der Waals surface area contributed by atoms with E-state index in [9.17, 15) is 8.42 Å². The highest BCUT2D eigenvalue weighted by Gasteiger charge is 2.28. The first-order valence-electron chi connectivity index (χ1n) is 10.8. The Kier molecular flexibility index (Phi) is 6.24. The van der Waals surface area contributed by atoms with Crippen LogP contribution in [0.3, 0.4) is 0 Å². The maximum Gasteiger partial charge on any atom is 0.227 e. The lowest BCUT2D eigenvalue weighted by Gasteiger charge is -2.35. The predicted molar refractivity (Wildman–Crippen MR) is 120 cm³/mol. The summed E-state index contributed by atoms with van der Waals surface area (Å²) < 4.78 is 27.4. The average Bonchev–Trinajstić information content (AvgIpc) is 2.74. The smallest absolute Gasteiger partial charge is 0.227 e. The van der Waals surface area contributed by atoms with Gasteiger partial charge < -0.3 is 9.80 Å². The Balaban J connectivity index is 1.42. The SMILES string of the molecule is Cc1cccc(CS(=O)(=O)N2CCN(c3nc(C)cc(N4CCCCC4)n3)CC2)c1. The summed E-state index contributed by atoms with van der Waals surface area (Å²) in [6.45, 7) is 8.21. The molecule has 2 saturated heterocycles. The molecule has 0 amide bonds. The third kappa shape index (κ3) is 4.92. The van der Waals surface area contributed by atoms with Gasteiger partial charge in [0, 0.05) is 51.0 Å². The van der Waals surface area contributed by atoms with Crippen LogP contribution in [0.1, 0.15) is 36.1 Å². The second kappa shape index (κ2) is 8.89. The topological polar surface area (TPSA) is 69.6 Å². The molecule has 2 aromatic rings. The van der Waals surface area contributed by atoms with Gasteiger partial charge in [-0.3, -0.25) is 0 Å². The van der Waals surface area contributed by atoms with E-state index in [4.69, 9.17) is 4.98 Å². The van der Waals surface area contributed by atoms with Crippen LogP contribution >= 0.6 is 0 Å². The number of benzene rings is 1. The second-order valence-electron chi connectivity index (χ2n) is 8.35. The molecule has 0 saturated carbocycles. The molecule has 0 radical (unpaired) electrons. The van der Waals surface area contributed by atoms with E-state index >= 15 is 0 Å². The van der Waals surface area contributed by atoms with Crippen molar-refractivity contribution in [3.8, 4) is 0 Å². The van der Waals surface area contributed by atoms with Crippen LogP contribution in [0, 0.1) is 13.8 Å². The summed E-state index contributed by atoms with van der Waals surface area (Å²) >= 11 is 0. The van der Waals surface area contributed by atoms with Crippen LogP contribution in [-0.2, 0) is 15.8 Å². The monoisotopic (exact) mass is 429 g/mol. The maximum atomic E-state index is 12.9. The van der Waals surface area contributed by atoms with Gasteiger partial charge in [-0.2, -0.15) is 9.29 Å². The number of anilines is 2. The molecular formula is C22H31N5O2S. The van der Waals surface area contributed by atoms with E-state index in [1.54, 1.807) is 4.31 Å². The van der Waals surface area contributed by atoms with Gasteiger partial charge in [-0.15, -0.1) is 0 Å². The minimum atomic E-state index is -3.33. The Morgan fingerprint density at radius 1 is 0.867 bits per heavy atom. The number of hydrogen-bond acceptors (Lipinski definition) is 6. The van der Waals surface area contributed by atoms with Crippen LogP contribution < -0.4 is 9.80 Å². The lowest BCUT2D eigenvalue weighted by Crippen LogP contribution is -2.49. The Labute approximate surface area is 179 Å². The molecule has 8 heteroatoms. The highest BCUT2D eigenvalue weighted by atomic mass is 32.2. The van der Waals surface area contributed by atoms with Crippen LogP contribution in [0.2, 0.25) is 0 Å². The number of hydrogen-bond donors (Lipinski definition) is 0. The molecule has 7 nitrogen and oxygen atoms in total. The minimum absolute atomic E-state index is 0.0503. The average molecular weight is 430 g/mol. The minimum Gasteiger partial charge on any atom is -0.356 e. The summed E-state index contributed by atoms with van der Waals surface area (Å²) in [5.74, 6) is 1.76. The summed E-state index contributed by atoms with van der Waals surface area (Å²) in [7, 11) is -3.33. The molecule has 1 aromatic heterocycles. The Morgan fingerprint density at radius 3 is 2.30 bits per heavy atom. The van der Waals surface area contributed by atoms with E-state index in [1.807, 2.05) is 38.1 Å². The molecular weight excluding hydrogens is 398 g/mol. The highest BCUT2D eigenvalue weighted by Crippen LogP contribution is 2.23. The molecule has 2 aliphatic rings. The fourth-order valence-electron chi connectivity index (χ4n) is 4.23. The molecule has 30 heavy (non-hydrogen) atoms. The van der Waals surface area contributed by atoms with Crippen LogP contribution in [-0.4, -0.2) is 62.0 Å². The van der Waals surface area contributed by atoms with Crippen LogP contribution in [0.25, 0.3) is 0 Å². The van der Waals surface area contributed by atoms with E-state index in [0.717, 1.165) is 35.7 Å². The van der Waals surface area contributed by atoms with Gasteiger partial charge in [0.05, 0.1) is 5.75 Å². The Hall–Kier alpha value is -2.19. The first-order chi connectivity index (χ1) is 14.4. The maximum absolute atomic E-state index is 12.9. The molecule has 2 fully saturated rings. The normalized spacial score (nSPS) is 18.6. The summed E-state index contributed by atoms with van der Waals surface area (Å²) in [5.41, 5.74) is 2.87. The first kappa shape index (κ1) is 21.1. The van der Waals surface area contributed by atoms with E-state index in [-0.39, 0.29) is 5.75 Å². The standard InChI is InChI=1S/C22H31N5O2S/c1-18-7-6-8-20(15-18)17-30(28,29)27-13-11-26(12-14-27)22-23-19(2)16-21(24-22)25-9-4-3-5-10-25/h6-8,15-16H,3-5,9-14,17H2,1-2H3. The summed E-state index contributed by atoms with van der Waals surface area (Å²) in [4.78, 5) is 13.9. The molecule has 0 N–H and O–H groups in total. The van der Waals surface area contributed by atoms with Gasteiger partial charge in [0.15, 0.2) is 0 Å². The molecule has 1 aromatic carbocycles. The van der Waals surface area contributed by atoms with Crippen molar-refractivity contribution in [3.63, 3.8) is 0 Å². The van der Waals surface area contributed by atoms with Crippen molar-refractivity contribution in [2.75, 3.05) is 49.1 Å². The molecule has 0 unspecified atom stereocenters. The number of piperazine rings is 1. The predicted octanol–water partition coefficient (Wildman–Crippen LogP) is 2.74. The van der Waals surface area contributed by atoms with E-state index in [1.165, 1.54) is 19.3 Å². The van der Waals surface area contributed by atoms with Gasteiger partial charge in [-0.1, -0.05) is 29.8 Å². The van der Waals surface area contributed by atoms with Gasteiger partial charge in [0.1, 0.15) is 5.82 Å². The van der Waals surface area contributed by atoms with Crippen LogP contribution in [0.5, 0.6) is 0 Å². The lowest BCUT2D eigenvalue weighted by molar-refractivity contribution is 0.382. The molecule has 0 bridgehead atoms. The van der Waals surface area contributed by atoms with Crippen molar-refractivity contribution >= 4 is 21.8 Å². The molecule has 2 aliphatic heterocycles. The third-order valence-corrected chi connectivity index (χ3v) is 7.71. The molecule has 4 rings (SSSR count). The van der Waals surface area contributed by atoms with Crippen LogP contribution in [0.4, 0.5) is 11.8 Å². The van der Waals surface area contributed by atoms with Crippen molar-refractivity contribution in [2.45, 2.75) is 38.9 Å². The lowest BCUT2D eigenvalue weighted by atomic mass is 10.1. The first-order valence-corrected chi connectivity index (χ1v) is 12.4. The van der Waals surface area contributed by atoms with Crippen molar-refractivity contribution < 1.29 is 8.42 Å². The van der Waals surface area contributed by atoms with Crippen LogP contribution in [0.15, 0.2) is 30.3 Å². The molecule has 0 spiro atoms. The summed E-state index contributed by atoms with van der Waals surface area (Å²) in [6.07, 6.45) is 3.69. The quantitative estimate of drug-likeness (QED) is 0.728. The fourth-order valence-corrected chi connectivity index (χ4v) is 5.74. The summed E-state index contributed by atoms with van der Waals surface area (Å²) in [6, 6.07) is 9.76. The number of nitrogens with zero attached hydrogens (tertiary/aromatic N) is 5. The number of piperidine rings is 1. The number of rotatable bonds is 5. The fraction of sp³-hybridized carbons (Fsp3) is 0.545. The van der Waals surface area contributed by atoms with Crippen molar-refractivity contribution in [2.24, 2.45) is 0 Å².